The second-order valence-electron chi connectivity index (χ2n) is 7.54. The number of azo groups is 1. The standard InChI is InChI=1S/C23H24Br2N6O3/c1-30(13-14-7-4-3-5-8-14)18(27)12-17(26)28-29-21-16(25)11-15(24)19-20(21)23(33)31(22(19)32)9-6-10-34-2/h3-5,7-8,11-12,27H,6,9-10,13,26H2,1-2H3. The lowest BCUT2D eigenvalue weighted by atomic mass is 10.1. The molecule has 1 heterocycles. The number of ether oxygens (including phenoxy) is 1. The molecule has 0 aliphatic carbocycles. The molecule has 0 unspecified atom stereocenters. The van der Waals surface area contributed by atoms with Crippen molar-refractivity contribution in [2.45, 2.75) is 13.0 Å². The Morgan fingerprint density at radius 1 is 1.18 bits per heavy atom. The number of imide groups is 1. The number of hydrogen-bond acceptors (Lipinski definition) is 7. The normalized spacial score (nSPS) is 13.6. The van der Waals surface area contributed by atoms with E-state index < -0.39 is 11.8 Å². The Kier molecular flexibility index (Phi) is 8.70. The third kappa shape index (κ3) is 5.78. The van der Waals surface area contributed by atoms with Gasteiger partial charge in [0.2, 0.25) is 0 Å². The summed E-state index contributed by atoms with van der Waals surface area (Å²) < 4.78 is 5.98. The van der Waals surface area contributed by atoms with Gasteiger partial charge in [0.25, 0.3) is 11.8 Å². The van der Waals surface area contributed by atoms with Gasteiger partial charge in [-0.05, 0) is 49.9 Å². The Morgan fingerprint density at radius 3 is 2.53 bits per heavy atom. The summed E-state index contributed by atoms with van der Waals surface area (Å²) in [6, 6.07) is 11.4. The minimum absolute atomic E-state index is 0.0118. The van der Waals surface area contributed by atoms with Gasteiger partial charge in [-0.3, -0.25) is 19.9 Å². The number of methoxy groups -OCH3 is 1. The van der Waals surface area contributed by atoms with Crippen molar-refractivity contribution in [3.05, 3.63) is 73.9 Å². The first-order valence-electron chi connectivity index (χ1n) is 10.3. The summed E-state index contributed by atoms with van der Waals surface area (Å²) >= 11 is 6.77. The van der Waals surface area contributed by atoms with E-state index in [1.807, 2.05) is 30.3 Å². The third-order valence-corrected chi connectivity index (χ3v) is 6.31. The number of benzene rings is 2. The van der Waals surface area contributed by atoms with E-state index in [1.165, 1.54) is 11.0 Å². The third-order valence-electron chi connectivity index (χ3n) is 5.08. The summed E-state index contributed by atoms with van der Waals surface area (Å²) in [6.45, 7) is 1.19. The van der Waals surface area contributed by atoms with Crippen LogP contribution < -0.4 is 5.73 Å². The molecule has 2 aromatic carbocycles. The van der Waals surface area contributed by atoms with Gasteiger partial charge >= 0.3 is 0 Å². The zero-order valence-electron chi connectivity index (χ0n) is 18.7. The summed E-state index contributed by atoms with van der Waals surface area (Å²) in [5.41, 5.74) is 7.62. The Labute approximate surface area is 214 Å². The molecule has 1 aliphatic rings. The van der Waals surface area contributed by atoms with Gasteiger partial charge < -0.3 is 15.4 Å². The number of nitrogens with one attached hydrogen (secondary N) is 1. The average molecular weight is 592 g/mol. The number of nitrogens with two attached hydrogens (primary N) is 1. The lowest BCUT2D eigenvalue weighted by molar-refractivity contribution is 0.0638. The largest absolute Gasteiger partial charge is 0.385 e. The van der Waals surface area contributed by atoms with Crippen molar-refractivity contribution >= 4 is 55.2 Å². The number of fused-ring (bicyclic) bond motifs is 1. The fourth-order valence-electron chi connectivity index (χ4n) is 3.39. The van der Waals surface area contributed by atoms with Crippen molar-refractivity contribution < 1.29 is 14.3 Å². The molecule has 0 aromatic heterocycles. The fourth-order valence-corrected chi connectivity index (χ4v) is 4.80. The molecule has 2 aromatic rings. The van der Waals surface area contributed by atoms with Crippen molar-refractivity contribution in [2.24, 2.45) is 16.0 Å². The zero-order chi connectivity index (χ0) is 24.8. The maximum atomic E-state index is 13.0. The molecule has 0 saturated carbocycles. The molecule has 3 N–H and O–H groups in total. The molecule has 0 fully saturated rings. The van der Waals surface area contributed by atoms with Crippen LogP contribution in [0.15, 0.2) is 67.5 Å². The van der Waals surface area contributed by atoms with Crippen molar-refractivity contribution in [2.75, 3.05) is 27.3 Å². The first kappa shape index (κ1) is 25.7. The van der Waals surface area contributed by atoms with E-state index in [2.05, 4.69) is 42.1 Å². The first-order valence-corrected chi connectivity index (χ1v) is 11.9. The van der Waals surface area contributed by atoms with E-state index in [0.29, 0.717) is 28.5 Å². The molecule has 0 spiro atoms. The van der Waals surface area contributed by atoms with E-state index >= 15 is 0 Å². The zero-order valence-corrected chi connectivity index (χ0v) is 21.9. The van der Waals surface area contributed by atoms with Crippen LogP contribution in [0, 0.1) is 5.41 Å². The molecule has 34 heavy (non-hydrogen) atoms. The molecular formula is C23H24Br2N6O3. The molecule has 178 valence electrons. The highest BCUT2D eigenvalue weighted by molar-refractivity contribution is 9.11. The van der Waals surface area contributed by atoms with Crippen LogP contribution in [0.25, 0.3) is 0 Å². The van der Waals surface area contributed by atoms with Crippen LogP contribution in [-0.4, -0.2) is 54.8 Å². The molecule has 1 aliphatic heterocycles. The maximum Gasteiger partial charge on any atom is 0.263 e. The fraction of sp³-hybridized carbons (Fsp3) is 0.261. The highest BCUT2D eigenvalue weighted by atomic mass is 79.9. The van der Waals surface area contributed by atoms with Gasteiger partial charge in [0.1, 0.15) is 17.3 Å². The predicted octanol–water partition coefficient (Wildman–Crippen LogP) is 4.84. The number of likely N-dealkylation sites (N-methyl/N-ethyl adjacent to an activating group) is 1. The average Bonchev–Trinajstić information content (AvgIpc) is 3.05. The number of halogens is 2. The van der Waals surface area contributed by atoms with Crippen molar-refractivity contribution in [3.8, 4) is 0 Å². The summed E-state index contributed by atoms with van der Waals surface area (Å²) in [6.07, 6.45) is 1.90. The SMILES string of the molecule is COCCCN1C(=O)c2c(Br)cc(Br)c(N=NC(N)=CC(=N)N(C)Cc3ccccc3)c2C1=O. The van der Waals surface area contributed by atoms with Crippen LogP contribution in [0.4, 0.5) is 5.69 Å². The van der Waals surface area contributed by atoms with Crippen LogP contribution in [0.5, 0.6) is 0 Å². The van der Waals surface area contributed by atoms with Crippen LogP contribution in [0.1, 0.15) is 32.7 Å². The van der Waals surface area contributed by atoms with Gasteiger partial charge in [-0.1, -0.05) is 30.3 Å². The van der Waals surface area contributed by atoms with Gasteiger partial charge in [0, 0.05) is 48.9 Å². The summed E-state index contributed by atoms with van der Waals surface area (Å²) in [4.78, 5) is 28.8. The van der Waals surface area contributed by atoms with Gasteiger partial charge in [-0.25, -0.2) is 0 Å². The Morgan fingerprint density at radius 2 is 1.85 bits per heavy atom. The minimum atomic E-state index is -0.454. The van der Waals surface area contributed by atoms with Gasteiger partial charge in [0.15, 0.2) is 0 Å². The van der Waals surface area contributed by atoms with Gasteiger partial charge in [0.05, 0.1) is 11.1 Å². The Balaban J connectivity index is 1.82. The van der Waals surface area contributed by atoms with E-state index in [0.717, 1.165) is 5.56 Å². The lowest BCUT2D eigenvalue weighted by Crippen LogP contribution is -2.31. The predicted molar refractivity (Wildman–Crippen MR) is 136 cm³/mol. The minimum Gasteiger partial charge on any atom is -0.385 e. The van der Waals surface area contributed by atoms with Crippen molar-refractivity contribution in [3.63, 3.8) is 0 Å². The van der Waals surface area contributed by atoms with Crippen LogP contribution in [0.3, 0.4) is 0 Å². The summed E-state index contributed by atoms with van der Waals surface area (Å²) in [5.74, 6) is -0.720. The molecule has 0 atom stereocenters. The number of nitrogens with zero attached hydrogens (tertiary/aromatic N) is 4. The first-order chi connectivity index (χ1) is 16.2. The number of rotatable bonds is 9. The second-order valence-corrected chi connectivity index (χ2v) is 9.25. The van der Waals surface area contributed by atoms with Crippen molar-refractivity contribution in [1.29, 1.82) is 5.41 Å². The topological polar surface area (TPSA) is 124 Å². The van der Waals surface area contributed by atoms with Gasteiger partial charge in [-0.15, -0.1) is 10.2 Å². The van der Waals surface area contributed by atoms with Gasteiger partial charge in [-0.2, -0.15) is 0 Å². The molecule has 0 bridgehead atoms. The second kappa shape index (κ2) is 11.5. The Hall–Kier alpha value is -2.89. The van der Waals surface area contributed by atoms with E-state index in [-0.39, 0.29) is 35.0 Å². The van der Waals surface area contributed by atoms with Crippen LogP contribution in [0.2, 0.25) is 0 Å². The molecule has 2 amide bonds. The number of carbonyl (C=O) groups excluding carboxylic acids is 2. The molecule has 0 radical (unpaired) electrons. The highest BCUT2D eigenvalue weighted by Gasteiger charge is 2.40. The quantitative estimate of drug-likeness (QED) is 0.142. The molecular weight excluding hydrogens is 568 g/mol. The van der Waals surface area contributed by atoms with Crippen LogP contribution >= 0.6 is 31.9 Å². The van der Waals surface area contributed by atoms with Crippen molar-refractivity contribution in [1.82, 2.24) is 9.80 Å². The van der Waals surface area contributed by atoms with E-state index in [4.69, 9.17) is 15.9 Å². The van der Waals surface area contributed by atoms with E-state index in [9.17, 15) is 9.59 Å². The summed E-state index contributed by atoms with van der Waals surface area (Å²) in [5, 5.41) is 16.4. The summed E-state index contributed by atoms with van der Waals surface area (Å²) in [7, 11) is 3.34. The molecule has 3 rings (SSSR count). The van der Waals surface area contributed by atoms with Crippen LogP contribution in [-0.2, 0) is 11.3 Å². The molecule has 9 nitrogen and oxygen atoms in total. The number of carbonyl (C=O) groups is 2. The number of amidine groups is 1. The lowest BCUT2D eigenvalue weighted by Gasteiger charge is -2.17. The number of hydrogen-bond donors (Lipinski definition) is 2. The molecule has 11 heteroatoms. The monoisotopic (exact) mass is 590 g/mol. The maximum absolute atomic E-state index is 13.0. The number of amides is 2. The molecule has 0 saturated heterocycles. The Bertz CT molecular complexity index is 1170. The van der Waals surface area contributed by atoms with E-state index in [1.54, 1.807) is 25.1 Å². The highest BCUT2D eigenvalue weighted by Crippen LogP contribution is 2.41. The smallest absolute Gasteiger partial charge is 0.263 e.